The van der Waals surface area contributed by atoms with Crippen molar-refractivity contribution in [3.8, 4) is 5.75 Å². The summed E-state index contributed by atoms with van der Waals surface area (Å²) < 4.78 is 48.2. The molecule has 1 aliphatic rings. The Kier molecular flexibility index (Phi) is 12.1. The molecule has 0 bridgehead atoms. The molecule has 1 fully saturated rings. The predicted molar refractivity (Wildman–Crippen MR) is 175 cm³/mol. The first-order valence-corrected chi connectivity index (χ1v) is 17.3. The summed E-state index contributed by atoms with van der Waals surface area (Å²) in [5.41, 5.74) is 0.743. The Morgan fingerprint density at radius 2 is 1.64 bits per heavy atom. The number of amides is 2. The fourth-order valence-corrected chi connectivity index (χ4v) is 7.32. The van der Waals surface area contributed by atoms with Gasteiger partial charge in [0.25, 0.3) is 10.0 Å². The summed E-state index contributed by atoms with van der Waals surface area (Å²) in [5, 5.41) is 3.83. The molecule has 242 valence electrons. The summed E-state index contributed by atoms with van der Waals surface area (Å²) in [4.78, 5) is 29.2. The minimum atomic E-state index is -4.35. The third-order valence-corrected chi connectivity index (χ3v) is 10.2. The second-order valence-corrected chi connectivity index (χ2v) is 13.6. The van der Waals surface area contributed by atoms with E-state index in [2.05, 4.69) is 5.32 Å². The number of rotatable bonds is 13. The van der Waals surface area contributed by atoms with Gasteiger partial charge in [0.05, 0.1) is 17.2 Å². The van der Waals surface area contributed by atoms with Crippen molar-refractivity contribution in [1.29, 1.82) is 0 Å². The monoisotopic (exact) mass is 677 g/mol. The number of hydrogen-bond donors (Lipinski definition) is 1. The molecule has 1 atom stereocenters. The first-order chi connectivity index (χ1) is 21.5. The number of sulfonamides is 1. The van der Waals surface area contributed by atoms with Crippen LogP contribution in [0, 0.1) is 5.82 Å². The Balaban J connectivity index is 1.73. The van der Waals surface area contributed by atoms with Gasteiger partial charge in [-0.15, -0.1) is 0 Å². The van der Waals surface area contributed by atoms with Gasteiger partial charge in [0.1, 0.15) is 24.2 Å². The van der Waals surface area contributed by atoms with Crippen molar-refractivity contribution < 1.29 is 27.1 Å². The van der Waals surface area contributed by atoms with Crippen LogP contribution in [0.4, 0.5) is 10.1 Å². The molecule has 0 spiro atoms. The van der Waals surface area contributed by atoms with E-state index in [9.17, 15) is 22.4 Å². The van der Waals surface area contributed by atoms with Gasteiger partial charge in [0.15, 0.2) is 0 Å². The van der Waals surface area contributed by atoms with Crippen molar-refractivity contribution in [2.45, 2.75) is 75.9 Å². The normalized spacial score (nSPS) is 14.4. The van der Waals surface area contributed by atoms with Crippen LogP contribution in [0.25, 0.3) is 0 Å². The lowest BCUT2D eigenvalue weighted by Gasteiger charge is -2.34. The molecule has 0 unspecified atom stereocenters. The van der Waals surface area contributed by atoms with Crippen LogP contribution >= 0.6 is 23.2 Å². The van der Waals surface area contributed by atoms with Crippen LogP contribution < -0.4 is 14.4 Å². The predicted octanol–water partition coefficient (Wildman–Crippen LogP) is 6.98. The molecule has 0 heterocycles. The van der Waals surface area contributed by atoms with Gasteiger partial charge in [0, 0.05) is 22.6 Å². The molecule has 12 heteroatoms. The quantitative estimate of drug-likeness (QED) is 0.211. The molecule has 1 saturated carbocycles. The molecule has 0 aromatic heterocycles. The van der Waals surface area contributed by atoms with Gasteiger partial charge in [-0.25, -0.2) is 12.8 Å². The number of carbonyl (C=O) groups excluding carboxylic acids is 2. The SMILES string of the molecule is CCOc1ccc(N(CC(=O)N(Cc2ccc(Cl)cc2Cl)[C@H](CC)C(=O)NC2CCCCC2)S(=O)(=O)c2ccc(F)cc2)cc1. The van der Waals surface area contributed by atoms with Gasteiger partial charge in [-0.05, 0) is 92.4 Å². The lowest BCUT2D eigenvalue weighted by atomic mass is 9.95. The van der Waals surface area contributed by atoms with Crippen molar-refractivity contribution in [2.75, 3.05) is 17.5 Å². The summed E-state index contributed by atoms with van der Waals surface area (Å²) in [7, 11) is -4.35. The second kappa shape index (κ2) is 15.8. The maximum atomic E-state index is 14.3. The number of ether oxygens (including phenoxy) is 1. The molecular formula is C33H38Cl2FN3O5S. The molecule has 2 amide bonds. The molecule has 0 saturated heterocycles. The molecule has 0 radical (unpaired) electrons. The Labute approximate surface area is 274 Å². The van der Waals surface area contributed by atoms with Crippen LogP contribution in [-0.4, -0.2) is 50.4 Å². The maximum Gasteiger partial charge on any atom is 0.264 e. The van der Waals surface area contributed by atoms with E-state index in [0.717, 1.165) is 60.7 Å². The fraction of sp³-hybridized carbons (Fsp3) is 0.394. The minimum absolute atomic E-state index is 0.00979. The molecule has 1 aliphatic carbocycles. The van der Waals surface area contributed by atoms with Gasteiger partial charge < -0.3 is 15.0 Å². The van der Waals surface area contributed by atoms with Crippen LogP contribution in [0.1, 0.15) is 57.9 Å². The highest BCUT2D eigenvalue weighted by molar-refractivity contribution is 7.92. The number of benzene rings is 3. The summed E-state index contributed by atoms with van der Waals surface area (Å²) in [6, 6.07) is 14.6. The zero-order valence-corrected chi connectivity index (χ0v) is 27.7. The molecular weight excluding hydrogens is 640 g/mol. The Bertz CT molecular complexity index is 1570. The van der Waals surface area contributed by atoms with Crippen LogP contribution in [0.3, 0.4) is 0 Å². The van der Waals surface area contributed by atoms with Crippen molar-refractivity contribution in [1.82, 2.24) is 10.2 Å². The minimum Gasteiger partial charge on any atom is -0.494 e. The second-order valence-electron chi connectivity index (χ2n) is 10.9. The standard InChI is InChI=1S/C33H38Cl2FN3O5S/c1-3-31(33(41)37-26-8-6-5-7-9-26)38(21-23-10-11-24(34)20-30(23)35)32(40)22-39(27-14-16-28(17-15-27)44-4-2)45(42,43)29-18-12-25(36)13-19-29/h10-20,26,31H,3-9,21-22H2,1-2H3,(H,37,41)/t31-/m1/s1. The third kappa shape index (κ3) is 8.89. The van der Waals surface area contributed by atoms with Gasteiger partial charge in [0.2, 0.25) is 11.8 Å². The Morgan fingerprint density at radius 3 is 2.24 bits per heavy atom. The number of carbonyl (C=O) groups is 2. The molecule has 1 N–H and O–H groups in total. The highest BCUT2D eigenvalue weighted by atomic mass is 35.5. The summed E-state index contributed by atoms with van der Waals surface area (Å²) in [6.07, 6.45) is 5.16. The van der Waals surface area contributed by atoms with Crippen LogP contribution in [0.15, 0.2) is 71.6 Å². The largest absolute Gasteiger partial charge is 0.494 e. The first kappa shape index (κ1) is 34.5. The van der Waals surface area contributed by atoms with E-state index in [1.807, 2.05) is 6.92 Å². The third-order valence-electron chi connectivity index (χ3n) is 7.81. The van der Waals surface area contributed by atoms with Gasteiger partial charge in [-0.3, -0.25) is 13.9 Å². The van der Waals surface area contributed by atoms with E-state index >= 15 is 0 Å². The number of halogens is 3. The van der Waals surface area contributed by atoms with Gasteiger partial charge in [-0.1, -0.05) is 55.5 Å². The number of hydrogen-bond acceptors (Lipinski definition) is 5. The summed E-state index contributed by atoms with van der Waals surface area (Å²) in [5.74, 6) is -1.00. The van der Waals surface area contributed by atoms with Gasteiger partial charge in [-0.2, -0.15) is 0 Å². The summed E-state index contributed by atoms with van der Waals surface area (Å²) in [6.45, 7) is 3.35. The van der Waals surface area contributed by atoms with Crippen molar-refractivity contribution >= 4 is 50.7 Å². The van der Waals surface area contributed by atoms with Crippen LogP contribution in [0.5, 0.6) is 5.75 Å². The van der Waals surface area contributed by atoms with E-state index in [1.165, 1.54) is 17.0 Å². The number of nitrogens with one attached hydrogen (secondary N) is 1. The molecule has 45 heavy (non-hydrogen) atoms. The smallest absolute Gasteiger partial charge is 0.264 e. The van der Waals surface area contributed by atoms with E-state index < -0.39 is 34.3 Å². The number of anilines is 1. The molecule has 4 rings (SSSR count). The van der Waals surface area contributed by atoms with E-state index in [1.54, 1.807) is 37.3 Å². The average Bonchev–Trinajstić information content (AvgIpc) is 3.02. The lowest BCUT2D eigenvalue weighted by molar-refractivity contribution is -0.140. The van der Waals surface area contributed by atoms with Crippen molar-refractivity contribution in [3.05, 3.63) is 88.2 Å². The Hall–Kier alpha value is -3.34. The fourth-order valence-electron chi connectivity index (χ4n) is 5.44. The van der Waals surface area contributed by atoms with E-state index in [4.69, 9.17) is 27.9 Å². The maximum absolute atomic E-state index is 14.3. The molecule has 3 aromatic carbocycles. The molecule has 0 aliphatic heterocycles. The van der Waals surface area contributed by atoms with E-state index in [0.29, 0.717) is 28.0 Å². The highest BCUT2D eigenvalue weighted by Crippen LogP contribution is 2.28. The average molecular weight is 679 g/mol. The molecule has 3 aromatic rings. The van der Waals surface area contributed by atoms with Crippen molar-refractivity contribution in [2.24, 2.45) is 0 Å². The number of nitrogens with zero attached hydrogens (tertiary/aromatic N) is 2. The lowest BCUT2D eigenvalue weighted by Crippen LogP contribution is -2.54. The zero-order valence-electron chi connectivity index (χ0n) is 25.3. The first-order valence-electron chi connectivity index (χ1n) is 15.1. The molecule has 8 nitrogen and oxygen atoms in total. The Morgan fingerprint density at radius 1 is 0.978 bits per heavy atom. The van der Waals surface area contributed by atoms with Crippen LogP contribution in [0.2, 0.25) is 10.0 Å². The van der Waals surface area contributed by atoms with Crippen molar-refractivity contribution in [3.63, 3.8) is 0 Å². The summed E-state index contributed by atoms with van der Waals surface area (Å²) >= 11 is 12.6. The zero-order chi connectivity index (χ0) is 32.6. The van der Waals surface area contributed by atoms with Gasteiger partial charge >= 0.3 is 0 Å². The van der Waals surface area contributed by atoms with Crippen LogP contribution in [-0.2, 0) is 26.2 Å². The topological polar surface area (TPSA) is 96.0 Å². The van der Waals surface area contributed by atoms with E-state index in [-0.39, 0.29) is 35.5 Å². The highest BCUT2D eigenvalue weighted by Gasteiger charge is 2.34.